The number of pyridine rings is 1. The fourth-order valence-corrected chi connectivity index (χ4v) is 5.39. The molecule has 200 valence electrons. The molecule has 0 unspecified atom stereocenters. The van der Waals surface area contributed by atoms with Crippen LogP contribution in [0.5, 0.6) is 17.4 Å². The largest absolute Gasteiger partial charge is 0.494 e. The van der Waals surface area contributed by atoms with Crippen molar-refractivity contribution < 1.29 is 32.1 Å². The second-order valence-electron chi connectivity index (χ2n) is 7.82. The molecule has 11 nitrogen and oxygen atoms in total. The minimum Gasteiger partial charge on any atom is -0.494 e. The van der Waals surface area contributed by atoms with Crippen molar-refractivity contribution in [3.05, 3.63) is 70.5 Å². The summed E-state index contributed by atoms with van der Waals surface area (Å²) < 4.78 is 60.0. The van der Waals surface area contributed by atoms with E-state index in [-0.39, 0.29) is 21.8 Å². The van der Waals surface area contributed by atoms with Crippen LogP contribution in [-0.4, -0.2) is 60.4 Å². The number of rotatable bonds is 10. The third kappa shape index (κ3) is 5.71. The van der Waals surface area contributed by atoms with E-state index in [1.165, 1.54) is 32.0 Å². The fourth-order valence-electron chi connectivity index (χ4n) is 3.68. The Morgan fingerprint density at radius 1 is 1.03 bits per heavy atom. The van der Waals surface area contributed by atoms with Crippen LogP contribution in [0, 0.1) is 5.82 Å². The van der Waals surface area contributed by atoms with Gasteiger partial charge in [0, 0.05) is 10.5 Å². The second-order valence-corrected chi connectivity index (χ2v) is 10.4. The number of aromatic nitrogens is 4. The standard InChI is InChI=1S/C24H23BrFN5O6S/c1-35-19-7-5-8-20(36-2)22(19)31-23(17-6-4-9-21(27-17)37-3)28-29-24(31)30-38(33,34)13-18(32)15-11-10-14(26)12-16(15)25/h4-12,18,32H,13H2,1-3H3,(H,29,30)/t18-/m0/s1. The van der Waals surface area contributed by atoms with E-state index in [1.807, 2.05) is 0 Å². The number of ether oxygens (including phenoxy) is 3. The molecule has 2 aromatic carbocycles. The molecule has 0 aliphatic heterocycles. The van der Waals surface area contributed by atoms with Crippen molar-refractivity contribution in [1.29, 1.82) is 0 Å². The van der Waals surface area contributed by atoms with Crippen LogP contribution in [-0.2, 0) is 10.0 Å². The summed E-state index contributed by atoms with van der Waals surface area (Å²) in [5.41, 5.74) is 0.832. The van der Waals surface area contributed by atoms with Gasteiger partial charge in [0.25, 0.3) is 0 Å². The zero-order chi connectivity index (χ0) is 27.4. The van der Waals surface area contributed by atoms with E-state index in [0.29, 0.717) is 28.8 Å². The molecule has 14 heteroatoms. The van der Waals surface area contributed by atoms with Crippen LogP contribution < -0.4 is 18.9 Å². The smallest absolute Gasteiger partial charge is 0.243 e. The molecule has 38 heavy (non-hydrogen) atoms. The van der Waals surface area contributed by atoms with Gasteiger partial charge in [-0.3, -0.25) is 9.29 Å². The van der Waals surface area contributed by atoms with Crippen molar-refractivity contribution in [2.75, 3.05) is 31.8 Å². The number of para-hydroxylation sites is 1. The Kier molecular flexibility index (Phi) is 8.14. The van der Waals surface area contributed by atoms with Gasteiger partial charge in [-0.2, -0.15) is 0 Å². The van der Waals surface area contributed by atoms with Crippen molar-refractivity contribution >= 4 is 31.9 Å². The molecule has 0 saturated carbocycles. The lowest BCUT2D eigenvalue weighted by atomic mass is 10.1. The molecule has 0 spiro atoms. The van der Waals surface area contributed by atoms with Gasteiger partial charge in [0.1, 0.15) is 28.7 Å². The van der Waals surface area contributed by atoms with E-state index in [0.717, 1.165) is 12.1 Å². The Bertz CT molecular complexity index is 1540. The highest BCUT2D eigenvalue weighted by Crippen LogP contribution is 2.37. The van der Waals surface area contributed by atoms with Crippen LogP contribution in [0.25, 0.3) is 17.2 Å². The Hall–Kier alpha value is -3.75. The predicted molar refractivity (Wildman–Crippen MR) is 141 cm³/mol. The maximum absolute atomic E-state index is 13.5. The number of aliphatic hydroxyl groups excluding tert-OH is 1. The van der Waals surface area contributed by atoms with Gasteiger partial charge < -0.3 is 19.3 Å². The van der Waals surface area contributed by atoms with Crippen LogP contribution in [0.4, 0.5) is 10.3 Å². The topological polar surface area (TPSA) is 138 Å². The van der Waals surface area contributed by atoms with E-state index in [4.69, 9.17) is 14.2 Å². The summed E-state index contributed by atoms with van der Waals surface area (Å²) in [5, 5.41) is 18.9. The normalized spacial score (nSPS) is 12.2. The summed E-state index contributed by atoms with van der Waals surface area (Å²) >= 11 is 3.15. The summed E-state index contributed by atoms with van der Waals surface area (Å²) in [4.78, 5) is 4.39. The summed E-state index contributed by atoms with van der Waals surface area (Å²) in [5.74, 6) is -0.359. The van der Waals surface area contributed by atoms with Gasteiger partial charge in [0.2, 0.25) is 21.9 Å². The van der Waals surface area contributed by atoms with Gasteiger partial charge in [-0.25, -0.2) is 17.8 Å². The molecule has 1 atom stereocenters. The maximum Gasteiger partial charge on any atom is 0.243 e. The molecule has 4 aromatic rings. The molecule has 0 fully saturated rings. The Labute approximate surface area is 226 Å². The molecule has 0 amide bonds. The molecular formula is C24H23BrFN5O6S. The number of hydrogen-bond donors (Lipinski definition) is 2. The number of sulfonamides is 1. The second kappa shape index (κ2) is 11.3. The summed E-state index contributed by atoms with van der Waals surface area (Å²) in [6.45, 7) is 0. The highest BCUT2D eigenvalue weighted by molar-refractivity contribution is 9.10. The van der Waals surface area contributed by atoms with Crippen molar-refractivity contribution in [1.82, 2.24) is 19.7 Å². The van der Waals surface area contributed by atoms with Crippen molar-refractivity contribution in [3.63, 3.8) is 0 Å². The summed E-state index contributed by atoms with van der Waals surface area (Å²) in [6, 6.07) is 13.6. The van der Waals surface area contributed by atoms with E-state index < -0.39 is 27.7 Å². The van der Waals surface area contributed by atoms with Crippen LogP contribution in [0.2, 0.25) is 0 Å². The van der Waals surface area contributed by atoms with Crippen LogP contribution in [0.3, 0.4) is 0 Å². The van der Waals surface area contributed by atoms with Gasteiger partial charge >= 0.3 is 0 Å². The van der Waals surface area contributed by atoms with Crippen molar-refractivity contribution in [3.8, 4) is 34.6 Å². The quantitative estimate of drug-likeness (QED) is 0.276. The van der Waals surface area contributed by atoms with Crippen LogP contribution in [0.1, 0.15) is 11.7 Å². The van der Waals surface area contributed by atoms with E-state index in [9.17, 15) is 17.9 Å². The van der Waals surface area contributed by atoms with Crippen LogP contribution in [0.15, 0.2) is 59.1 Å². The molecule has 0 aliphatic carbocycles. The summed E-state index contributed by atoms with van der Waals surface area (Å²) in [6.07, 6.45) is -1.47. The number of halogens is 2. The Balaban J connectivity index is 1.81. The first-order valence-corrected chi connectivity index (χ1v) is 13.4. The first kappa shape index (κ1) is 27.3. The molecule has 4 rings (SSSR count). The first-order chi connectivity index (χ1) is 18.2. The third-order valence-corrected chi connectivity index (χ3v) is 7.33. The molecular weight excluding hydrogens is 585 g/mol. The zero-order valence-corrected chi connectivity index (χ0v) is 22.8. The molecule has 2 heterocycles. The van der Waals surface area contributed by atoms with Gasteiger partial charge in [0.15, 0.2) is 5.82 Å². The van der Waals surface area contributed by atoms with E-state index in [2.05, 4.69) is 35.8 Å². The number of methoxy groups -OCH3 is 3. The van der Waals surface area contributed by atoms with Gasteiger partial charge in [0.05, 0.1) is 33.2 Å². The average molecular weight is 608 g/mol. The van der Waals surface area contributed by atoms with E-state index in [1.54, 1.807) is 36.4 Å². The highest BCUT2D eigenvalue weighted by atomic mass is 79.9. The molecule has 0 saturated heterocycles. The number of benzene rings is 2. The number of anilines is 1. The minimum atomic E-state index is -4.22. The average Bonchev–Trinajstić information content (AvgIpc) is 3.29. The first-order valence-electron chi connectivity index (χ1n) is 11.0. The molecule has 2 aromatic heterocycles. The number of hydrogen-bond acceptors (Lipinski definition) is 9. The molecule has 0 aliphatic rings. The van der Waals surface area contributed by atoms with Crippen LogP contribution >= 0.6 is 15.9 Å². The molecule has 0 bridgehead atoms. The van der Waals surface area contributed by atoms with Crippen molar-refractivity contribution in [2.45, 2.75) is 6.10 Å². The monoisotopic (exact) mass is 607 g/mol. The number of nitrogens with one attached hydrogen (secondary N) is 1. The van der Waals surface area contributed by atoms with Gasteiger partial charge in [-0.1, -0.05) is 34.1 Å². The molecule has 2 N–H and O–H groups in total. The minimum absolute atomic E-state index is 0.159. The lowest BCUT2D eigenvalue weighted by molar-refractivity contribution is 0.201. The van der Waals surface area contributed by atoms with Crippen molar-refractivity contribution in [2.24, 2.45) is 0 Å². The summed E-state index contributed by atoms with van der Waals surface area (Å²) in [7, 11) is 0.140. The van der Waals surface area contributed by atoms with Gasteiger partial charge in [-0.05, 0) is 35.9 Å². The SMILES string of the molecule is COc1cccc(-c2nnc(NS(=O)(=O)C[C@H](O)c3ccc(F)cc3Br)n2-c2c(OC)cccc2OC)n1. The third-order valence-electron chi connectivity index (χ3n) is 5.40. The fraction of sp³-hybridized carbons (Fsp3) is 0.208. The van der Waals surface area contributed by atoms with Gasteiger partial charge in [-0.15, -0.1) is 10.2 Å². The Morgan fingerprint density at radius 2 is 1.71 bits per heavy atom. The lowest BCUT2D eigenvalue weighted by Gasteiger charge is -2.18. The lowest BCUT2D eigenvalue weighted by Crippen LogP contribution is -2.24. The Morgan fingerprint density at radius 3 is 2.34 bits per heavy atom. The molecule has 0 radical (unpaired) electrons. The maximum atomic E-state index is 13.5. The number of nitrogens with zero attached hydrogens (tertiary/aromatic N) is 4. The predicted octanol–water partition coefficient (Wildman–Crippen LogP) is 3.73. The number of aliphatic hydroxyl groups is 1. The highest BCUT2D eigenvalue weighted by Gasteiger charge is 2.28. The van der Waals surface area contributed by atoms with E-state index >= 15 is 0 Å². The zero-order valence-electron chi connectivity index (χ0n) is 20.4.